The Kier molecular flexibility index (Phi) is 2.98. The third-order valence-corrected chi connectivity index (χ3v) is 2.31. The van der Waals surface area contributed by atoms with Gasteiger partial charge in [-0.15, -0.1) is 0 Å². The molecule has 0 saturated heterocycles. The van der Waals surface area contributed by atoms with Crippen LogP contribution < -0.4 is 0 Å². The van der Waals surface area contributed by atoms with Gasteiger partial charge in [-0.2, -0.15) is 0 Å². The zero-order valence-electron chi connectivity index (χ0n) is 6.88. The number of alkyl halides is 1. The number of hydrogen-bond acceptors (Lipinski definition) is 2. The summed E-state index contributed by atoms with van der Waals surface area (Å²) < 4.78 is 12.8. The summed E-state index contributed by atoms with van der Waals surface area (Å²) in [6.45, 7) is 1.65. The SMILES string of the molecule is Cc1cc(F)cc([N+](=O)[O-])c1CBr. The highest BCUT2D eigenvalue weighted by molar-refractivity contribution is 9.08. The Labute approximate surface area is 82.8 Å². The van der Waals surface area contributed by atoms with Crippen molar-refractivity contribution in [1.29, 1.82) is 0 Å². The molecule has 0 N–H and O–H groups in total. The van der Waals surface area contributed by atoms with E-state index in [1.165, 1.54) is 6.07 Å². The summed E-state index contributed by atoms with van der Waals surface area (Å²) in [4.78, 5) is 9.93. The standard InChI is InChI=1S/C8H7BrFNO2/c1-5-2-6(10)3-8(11(12)13)7(5)4-9/h2-3H,4H2,1H3. The Morgan fingerprint density at radius 3 is 2.69 bits per heavy atom. The quantitative estimate of drug-likeness (QED) is 0.458. The van der Waals surface area contributed by atoms with Crippen molar-refractivity contribution in [1.82, 2.24) is 0 Å². The van der Waals surface area contributed by atoms with E-state index >= 15 is 0 Å². The lowest BCUT2D eigenvalue weighted by atomic mass is 10.1. The van der Waals surface area contributed by atoms with Crippen molar-refractivity contribution < 1.29 is 9.31 Å². The molecule has 0 aromatic heterocycles. The summed E-state index contributed by atoms with van der Waals surface area (Å²) in [5.74, 6) is -0.575. The van der Waals surface area contributed by atoms with Crippen LogP contribution in [0.5, 0.6) is 0 Å². The molecular formula is C8H7BrFNO2. The van der Waals surface area contributed by atoms with E-state index in [1.807, 2.05) is 0 Å². The van der Waals surface area contributed by atoms with Crippen LogP contribution >= 0.6 is 15.9 Å². The number of nitrogens with zero attached hydrogens (tertiary/aromatic N) is 1. The topological polar surface area (TPSA) is 43.1 Å². The second kappa shape index (κ2) is 3.83. The lowest BCUT2D eigenvalue weighted by molar-refractivity contribution is -0.385. The first-order valence-corrected chi connectivity index (χ1v) is 4.67. The molecular weight excluding hydrogens is 241 g/mol. The number of aryl methyl sites for hydroxylation is 1. The predicted molar refractivity (Wildman–Crippen MR) is 50.4 cm³/mol. The smallest absolute Gasteiger partial charge is 0.258 e. The van der Waals surface area contributed by atoms with Gasteiger partial charge in [0, 0.05) is 10.9 Å². The predicted octanol–water partition coefficient (Wildman–Crippen LogP) is 2.94. The molecule has 0 amide bonds. The summed E-state index contributed by atoms with van der Waals surface area (Å²) >= 11 is 3.13. The van der Waals surface area contributed by atoms with Gasteiger partial charge in [-0.25, -0.2) is 4.39 Å². The minimum Gasteiger partial charge on any atom is -0.258 e. The van der Waals surface area contributed by atoms with Crippen LogP contribution in [-0.4, -0.2) is 4.92 Å². The Morgan fingerprint density at radius 1 is 1.62 bits per heavy atom. The van der Waals surface area contributed by atoms with E-state index in [-0.39, 0.29) is 5.69 Å². The third-order valence-electron chi connectivity index (χ3n) is 1.74. The van der Waals surface area contributed by atoms with E-state index in [0.29, 0.717) is 16.5 Å². The zero-order chi connectivity index (χ0) is 10.0. The maximum Gasteiger partial charge on any atom is 0.276 e. The minimum absolute atomic E-state index is 0.172. The van der Waals surface area contributed by atoms with E-state index in [0.717, 1.165) is 6.07 Å². The molecule has 0 bridgehead atoms. The van der Waals surface area contributed by atoms with Gasteiger partial charge in [0.15, 0.2) is 0 Å². The second-order valence-corrected chi connectivity index (χ2v) is 3.17. The highest BCUT2D eigenvalue weighted by atomic mass is 79.9. The van der Waals surface area contributed by atoms with Crippen molar-refractivity contribution in [2.45, 2.75) is 12.3 Å². The third kappa shape index (κ3) is 2.03. The van der Waals surface area contributed by atoms with Gasteiger partial charge >= 0.3 is 0 Å². The summed E-state index contributed by atoms with van der Waals surface area (Å²) in [5.41, 5.74) is 0.935. The fourth-order valence-electron chi connectivity index (χ4n) is 1.09. The molecule has 0 aliphatic carbocycles. The second-order valence-electron chi connectivity index (χ2n) is 2.61. The van der Waals surface area contributed by atoms with E-state index in [1.54, 1.807) is 6.92 Å². The van der Waals surface area contributed by atoms with Crippen LogP contribution in [0.4, 0.5) is 10.1 Å². The van der Waals surface area contributed by atoms with Crippen molar-refractivity contribution >= 4 is 21.6 Å². The van der Waals surface area contributed by atoms with Gasteiger partial charge in [0.1, 0.15) is 5.82 Å². The zero-order valence-corrected chi connectivity index (χ0v) is 8.47. The van der Waals surface area contributed by atoms with Crippen molar-refractivity contribution in [2.75, 3.05) is 0 Å². The molecule has 13 heavy (non-hydrogen) atoms. The summed E-state index contributed by atoms with van der Waals surface area (Å²) in [5, 5.41) is 10.9. The molecule has 0 heterocycles. The number of benzene rings is 1. The molecule has 0 aliphatic heterocycles. The summed E-state index contributed by atoms with van der Waals surface area (Å²) in [6, 6.07) is 2.22. The lowest BCUT2D eigenvalue weighted by Crippen LogP contribution is -1.97. The molecule has 0 fully saturated rings. The Bertz CT molecular complexity index is 354. The van der Waals surface area contributed by atoms with Crippen molar-refractivity contribution in [3.8, 4) is 0 Å². The van der Waals surface area contributed by atoms with Gasteiger partial charge in [0.05, 0.1) is 11.0 Å². The number of rotatable bonds is 2. The largest absolute Gasteiger partial charge is 0.276 e. The van der Waals surface area contributed by atoms with Crippen LogP contribution in [0.25, 0.3) is 0 Å². The molecule has 0 radical (unpaired) electrons. The van der Waals surface area contributed by atoms with Gasteiger partial charge in [-0.1, -0.05) is 15.9 Å². The fraction of sp³-hybridized carbons (Fsp3) is 0.250. The molecule has 1 aromatic carbocycles. The molecule has 0 atom stereocenters. The molecule has 0 aliphatic rings. The van der Waals surface area contributed by atoms with Gasteiger partial charge in [-0.3, -0.25) is 10.1 Å². The van der Waals surface area contributed by atoms with Crippen LogP contribution in [0.2, 0.25) is 0 Å². The molecule has 70 valence electrons. The van der Waals surface area contributed by atoms with Crippen molar-refractivity contribution in [3.05, 3.63) is 39.2 Å². The highest BCUT2D eigenvalue weighted by Crippen LogP contribution is 2.25. The van der Waals surface area contributed by atoms with Crippen LogP contribution in [0.1, 0.15) is 11.1 Å². The number of nitro benzene ring substituents is 1. The first kappa shape index (κ1) is 10.1. The average Bonchev–Trinajstić information content (AvgIpc) is 2.02. The number of halogens is 2. The van der Waals surface area contributed by atoms with Crippen LogP contribution in [0.15, 0.2) is 12.1 Å². The maximum atomic E-state index is 12.8. The Hall–Kier alpha value is -0.970. The van der Waals surface area contributed by atoms with E-state index in [2.05, 4.69) is 15.9 Å². The fourth-order valence-corrected chi connectivity index (χ4v) is 1.82. The normalized spacial score (nSPS) is 10.1. The average molecular weight is 248 g/mol. The highest BCUT2D eigenvalue weighted by Gasteiger charge is 2.16. The van der Waals surface area contributed by atoms with E-state index < -0.39 is 10.7 Å². The lowest BCUT2D eigenvalue weighted by Gasteiger charge is -2.02. The van der Waals surface area contributed by atoms with E-state index in [4.69, 9.17) is 0 Å². The van der Waals surface area contributed by atoms with Gasteiger partial charge in [0.2, 0.25) is 0 Å². The molecule has 3 nitrogen and oxygen atoms in total. The maximum absolute atomic E-state index is 12.8. The number of nitro groups is 1. The molecule has 0 unspecified atom stereocenters. The van der Waals surface area contributed by atoms with E-state index in [9.17, 15) is 14.5 Å². The van der Waals surface area contributed by atoms with Crippen molar-refractivity contribution in [3.63, 3.8) is 0 Å². The van der Waals surface area contributed by atoms with Crippen molar-refractivity contribution in [2.24, 2.45) is 0 Å². The monoisotopic (exact) mass is 247 g/mol. The minimum atomic E-state index is -0.577. The summed E-state index contributed by atoms with van der Waals surface area (Å²) in [7, 11) is 0. The van der Waals surface area contributed by atoms with Crippen LogP contribution in [0.3, 0.4) is 0 Å². The first-order chi connectivity index (χ1) is 6.06. The molecule has 0 spiro atoms. The molecule has 5 heteroatoms. The van der Waals surface area contributed by atoms with Crippen LogP contribution in [-0.2, 0) is 5.33 Å². The van der Waals surface area contributed by atoms with Gasteiger partial charge in [0.25, 0.3) is 5.69 Å². The van der Waals surface area contributed by atoms with Gasteiger partial charge in [-0.05, 0) is 18.6 Å². The van der Waals surface area contributed by atoms with Crippen LogP contribution in [0, 0.1) is 22.9 Å². The molecule has 1 rings (SSSR count). The van der Waals surface area contributed by atoms with Gasteiger partial charge < -0.3 is 0 Å². The number of hydrogen-bond donors (Lipinski definition) is 0. The Morgan fingerprint density at radius 2 is 2.23 bits per heavy atom. The Balaban J connectivity index is 3.38. The molecule has 0 saturated carbocycles. The first-order valence-electron chi connectivity index (χ1n) is 3.55. The molecule has 1 aromatic rings. The summed E-state index contributed by atoms with van der Waals surface area (Å²) in [6.07, 6.45) is 0.